The Morgan fingerprint density at radius 3 is 2.47 bits per heavy atom. The second kappa shape index (κ2) is 5.36. The molecule has 0 unspecified atom stereocenters. The molecule has 1 aromatic heterocycles. The van der Waals surface area contributed by atoms with Crippen LogP contribution in [0, 0.1) is 0 Å². The first-order valence-electron chi connectivity index (χ1n) is 5.98. The molecule has 0 aliphatic carbocycles. The Morgan fingerprint density at radius 2 is 2.06 bits per heavy atom. The van der Waals surface area contributed by atoms with Gasteiger partial charge in [0.2, 0.25) is 0 Å². The first-order chi connectivity index (χ1) is 7.93. The second-order valence-corrected chi connectivity index (χ2v) is 4.76. The molecule has 1 amide bonds. The van der Waals surface area contributed by atoms with E-state index < -0.39 is 5.54 Å². The standard InChI is InChI=1S/C13H21NO3/c1-5-9-7-11(17-10(9)6-2)12(16)14-13(3,4)8-15/h7,15H,5-6,8H2,1-4H3,(H,14,16). The van der Waals surface area contributed by atoms with Gasteiger partial charge in [-0.05, 0) is 31.9 Å². The quantitative estimate of drug-likeness (QED) is 0.825. The zero-order valence-corrected chi connectivity index (χ0v) is 11.0. The van der Waals surface area contributed by atoms with Crippen LogP contribution in [0.3, 0.4) is 0 Å². The molecule has 0 aliphatic rings. The molecule has 0 aromatic carbocycles. The van der Waals surface area contributed by atoms with Gasteiger partial charge < -0.3 is 14.8 Å². The minimum atomic E-state index is -0.636. The van der Waals surface area contributed by atoms with Crippen LogP contribution in [-0.2, 0) is 12.8 Å². The van der Waals surface area contributed by atoms with Gasteiger partial charge in [-0.3, -0.25) is 4.79 Å². The van der Waals surface area contributed by atoms with Gasteiger partial charge in [0.15, 0.2) is 5.76 Å². The van der Waals surface area contributed by atoms with Crippen molar-refractivity contribution in [3.63, 3.8) is 0 Å². The van der Waals surface area contributed by atoms with Crippen molar-refractivity contribution < 1.29 is 14.3 Å². The Labute approximate surface area is 102 Å². The zero-order valence-electron chi connectivity index (χ0n) is 11.0. The summed E-state index contributed by atoms with van der Waals surface area (Å²) in [6, 6.07) is 1.78. The first-order valence-corrected chi connectivity index (χ1v) is 5.98. The fraction of sp³-hybridized carbons (Fsp3) is 0.615. The number of carbonyl (C=O) groups is 1. The van der Waals surface area contributed by atoms with Crippen LogP contribution in [0.25, 0.3) is 0 Å². The summed E-state index contributed by atoms with van der Waals surface area (Å²) in [6.07, 6.45) is 1.63. The number of hydrogen-bond donors (Lipinski definition) is 2. The summed E-state index contributed by atoms with van der Waals surface area (Å²) in [5.41, 5.74) is 0.433. The van der Waals surface area contributed by atoms with Gasteiger partial charge in [0.05, 0.1) is 12.1 Å². The Kier molecular flexibility index (Phi) is 4.34. The highest BCUT2D eigenvalue weighted by Crippen LogP contribution is 2.17. The van der Waals surface area contributed by atoms with Crippen molar-refractivity contribution in [2.75, 3.05) is 6.61 Å². The monoisotopic (exact) mass is 239 g/mol. The maximum atomic E-state index is 11.9. The number of rotatable bonds is 5. The molecule has 4 nitrogen and oxygen atoms in total. The maximum absolute atomic E-state index is 11.9. The van der Waals surface area contributed by atoms with Gasteiger partial charge in [-0.1, -0.05) is 13.8 Å². The number of carbonyl (C=O) groups excluding carboxylic acids is 1. The molecule has 0 spiro atoms. The molecule has 1 heterocycles. The van der Waals surface area contributed by atoms with Crippen molar-refractivity contribution in [1.82, 2.24) is 5.32 Å². The molecular formula is C13H21NO3. The molecule has 0 aliphatic heterocycles. The average molecular weight is 239 g/mol. The molecule has 2 N–H and O–H groups in total. The molecule has 0 atom stereocenters. The smallest absolute Gasteiger partial charge is 0.287 e. The summed E-state index contributed by atoms with van der Waals surface area (Å²) in [5, 5.41) is 11.8. The number of nitrogens with one attached hydrogen (secondary N) is 1. The van der Waals surface area contributed by atoms with E-state index >= 15 is 0 Å². The fourth-order valence-corrected chi connectivity index (χ4v) is 1.59. The number of aryl methyl sites for hydroxylation is 2. The molecule has 17 heavy (non-hydrogen) atoms. The molecule has 0 saturated carbocycles. The van der Waals surface area contributed by atoms with Crippen LogP contribution in [0.2, 0.25) is 0 Å². The van der Waals surface area contributed by atoms with Gasteiger partial charge >= 0.3 is 0 Å². The third kappa shape index (κ3) is 3.33. The van der Waals surface area contributed by atoms with E-state index in [1.54, 1.807) is 19.9 Å². The third-order valence-electron chi connectivity index (χ3n) is 2.67. The summed E-state index contributed by atoms with van der Waals surface area (Å²) < 4.78 is 5.51. The van der Waals surface area contributed by atoms with Crippen molar-refractivity contribution >= 4 is 5.91 Å². The fourth-order valence-electron chi connectivity index (χ4n) is 1.59. The van der Waals surface area contributed by atoms with Gasteiger partial charge in [-0.25, -0.2) is 0 Å². The van der Waals surface area contributed by atoms with Crippen molar-refractivity contribution in [3.05, 3.63) is 23.2 Å². The first kappa shape index (κ1) is 13.8. The van der Waals surface area contributed by atoms with Crippen molar-refractivity contribution in [2.45, 2.75) is 46.1 Å². The molecule has 1 rings (SSSR count). The lowest BCUT2D eigenvalue weighted by molar-refractivity contribution is 0.0839. The molecule has 96 valence electrons. The third-order valence-corrected chi connectivity index (χ3v) is 2.67. The summed E-state index contributed by atoms with van der Waals surface area (Å²) in [5.74, 6) is 0.901. The topological polar surface area (TPSA) is 62.5 Å². The SMILES string of the molecule is CCc1cc(C(=O)NC(C)(C)CO)oc1CC. The van der Waals surface area contributed by atoms with Crippen molar-refractivity contribution in [3.8, 4) is 0 Å². The molecule has 0 saturated heterocycles. The summed E-state index contributed by atoms with van der Waals surface area (Å²) >= 11 is 0. The molecule has 4 heteroatoms. The van der Waals surface area contributed by atoms with E-state index in [0.29, 0.717) is 5.76 Å². The van der Waals surface area contributed by atoms with Crippen LogP contribution in [0.5, 0.6) is 0 Å². The van der Waals surface area contributed by atoms with Gasteiger partial charge in [0.25, 0.3) is 5.91 Å². The number of aliphatic hydroxyl groups excluding tert-OH is 1. The number of amides is 1. The highest BCUT2D eigenvalue weighted by molar-refractivity contribution is 5.92. The van der Waals surface area contributed by atoms with E-state index in [9.17, 15) is 4.79 Å². The lowest BCUT2D eigenvalue weighted by Gasteiger charge is -2.22. The lowest BCUT2D eigenvalue weighted by Crippen LogP contribution is -2.46. The van der Waals surface area contributed by atoms with E-state index in [-0.39, 0.29) is 12.5 Å². The normalized spacial score (nSPS) is 11.6. The minimum absolute atomic E-state index is 0.110. The van der Waals surface area contributed by atoms with Crippen LogP contribution in [-0.4, -0.2) is 23.2 Å². The highest BCUT2D eigenvalue weighted by atomic mass is 16.4. The predicted octanol–water partition coefficient (Wildman–Crippen LogP) is 1.91. The Bertz CT molecular complexity index is 372. The predicted molar refractivity (Wildman–Crippen MR) is 66.1 cm³/mol. The highest BCUT2D eigenvalue weighted by Gasteiger charge is 2.22. The number of aliphatic hydroxyl groups is 1. The van der Waals surface area contributed by atoms with E-state index in [4.69, 9.17) is 9.52 Å². The zero-order chi connectivity index (χ0) is 13.1. The van der Waals surface area contributed by atoms with E-state index in [0.717, 1.165) is 24.2 Å². The second-order valence-electron chi connectivity index (χ2n) is 4.76. The molecule has 0 fully saturated rings. The Balaban J connectivity index is 2.86. The summed E-state index contributed by atoms with van der Waals surface area (Å²) in [7, 11) is 0. The maximum Gasteiger partial charge on any atom is 0.287 e. The van der Waals surface area contributed by atoms with Crippen LogP contribution in [0.1, 0.15) is 49.6 Å². The van der Waals surface area contributed by atoms with Gasteiger partial charge in [-0.2, -0.15) is 0 Å². The lowest BCUT2D eigenvalue weighted by atomic mass is 10.1. The van der Waals surface area contributed by atoms with Gasteiger partial charge in [0, 0.05) is 6.42 Å². The van der Waals surface area contributed by atoms with Crippen LogP contribution in [0.4, 0.5) is 0 Å². The molecular weight excluding hydrogens is 218 g/mol. The molecule has 0 bridgehead atoms. The van der Waals surface area contributed by atoms with Crippen LogP contribution >= 0.6 is 0 Å². The Morgan fingerprint density at radius 1 is 1.41 bits per heavy atom. The van der Waals surface area contributed by atoms with E-state index in [2.05, 4.69) is 5.32 Å². The van der Waals surface area contributed by atoms with Crippen molar-refractivity contribution in [1.29, 1.82) is 0 Å². The summed E-state index contributed by atoms with van der Waals surface area (Å²) in [4.78, 5) is 11.9. The van der Waals surface area contributed by atoms with Gasteiger partial charge in [-0.15, -0.1) is 0 Å². The van der Waals surface area contributed by atoms with E-state index in [1.165, 1.54) is 0 Å². The summed E-state index contributed by atoms with van der Waals surface area (Å²) in [6.45, 7) is 7.44. The molecule has 1 aromatic rings. The van der Waals surface area contributed by atoms with Gasteiger partial charge in [0.1, 0.15) is 5.76 Å². The average Bonchev–Trinajstić information content (AvgIpc) is 2.71. The van der Waals surface area contributed by atoms with Crippen molar-refractivity contribution in [2.24, 2.45) is 0 Å². The minimum Gasteiger partial charge on any atom is -0.456 e. The van der Waals surface area contributed by atoms with Crippen LogP contribution < -0.4 is 5.32 Å². The van der Waals surface area contributed by atoms with E-state index in [1.807, 2.05) is 13.8 Å². The number of hydrogen-bond acceptors (Lipinski definition) is 3. The largest absolute Gasteiger partial charge is 0.456 e. The molecule has 0 radical (unpaired) electrons. The Hall–Kier alpha value is -1.29. The van der Waals surface area contributed by atoms with Crippen LogP contribution in [0.15, 0.2) is 10.5 Å². The number of furan rings is 1.